The zero-order valence-corrected chi connectivity index (χ0v) is 11.6. The van der Waals surface area contributed by atoms with Crippen molar-refractivity contribution in [3.63, 3.8) is 0 Å². The maximum absolute atomic E-state index is 12.1. The van der Waals surface area contributed by atoms with Gasteiger partial charge in [-0.1, -0.05) is 36.2 Å². The first-order valence-electron chi connectivity index (χ1n) is 7.15. The number of aryl methyl sites for hydroxylation is 1. The van der Waals surface area contributed by atoms with Gasteiger partial charge in [-0.25, -0.2) is 0 Å². The van der Waals surface area contributed by atoms with Gasteiger partial charge in [0.2, 0.25) is 0 Å². The van der Waals surface area contributed by atoms with E-state index >= 15 is 0 Å². The van der Waals surface area contributed by atoms with Crippen molar-refractivity contribution in [2.45, 2.75) is 38.6 Å². The van der Waals surface area contributed by atoms with Crippen LogP contribution >= 0.6 is 0 Å². The average Bonchev–Trinajstić information content (AvgIpc) is 2.34. The zero-order chi connectivity index (χ0) is 13.7. The lowest BCUT2D eigenvalue weighted by Gasteiger charge is -2.37. The number of aliphatic hydroxyl groups is 1. The number of nitrogens with zero attached hydrogens (tertiary/aromatic N) is 1. The van der Waals surface area contributed by atoms with E-state index in [0.29, 0.717) is 19.0 Å². The average molecular weight is 261 g/mol. The quantitative estimate of drug-likeness (QED) is 0.766. The molecular formula is C16H23NO2. The van der Waals surface area contributed by atoms with Gasteiger partial charge in [0.1, 0.15) is 0 Å². The van der Waals surface area contributed by atoms with Gasteiger partial charge in [0.15, 0.2) is 5.78 Å². The molecule has 0 radical (unpaired) electrons. The Kier molecular flexibility index (Phi) is 5.11. The Bertz CT molecular complexity index is 409. The maximum atomic E-state index is 12.1. The summed E-state index contributed by atoms with van der Waals surface area (Å²) < 4.78 is 0. The van der Waals surface area contributed by atoms with Crippen LogP contribution in [-0.2, 0) is 0 Å². The van der Waals surface area contributed by atoms with Crippen molar-refractivity contribution in [1.82, 2.24) is 4.90 Å². The van der Waals surface area contributed by atoms with Crippen LogP contribution in [0.25, 0.3) is 0 Å². The van der Waals surface area contributed by atoms with E-state index in [0.717, 1.165) is 12.1 Å². The molecule has 104 valence electrons. The number of rotatable bonds is 7. The molecule has 0 aromatic heterocycles. The molecule has 1 aromatic carbocycles. The summed E-state index contributed by atoms with van der Waals surface area (Å²) >= 11 is 0. The molecule has 1 aromatic rings. The molecule has 3 nitrogen and oxygen atoms in total. The minimum absolute atomic E-state index is 0.176. The third-order valence-corrected chi connectivity index (χ3v) is 3.98. The van der Waals surface area contributed by atoms with Gasteiger partial charge in [0.05, 0.1) is 6.61 Å². The number of hydrogen-bond acceptors (Lipinski definition) is 3. The number of benzene rings is 1. The molecule has 1 saturated carbocycles. The van der Waals surface area contributed by atoms with Crippen molar-refractivity contribution >= 4 is 5.78 Å². The second-order valence-corrected chi connectivity index (χ2v) is 5.38. The highest BCUT2D eigenvalue weighted by Gasteiger charge is 2.24. The van der Waals surface area contributed by atoms with Crippen molar-refractivity contribution in [3.8, 4) is 0 Å². The molecule has 0 bridgehead atoms. The lowest BCUT2D eigenvalue weighted by Crippen LogP contribution is -2.42. The number of carbonyl (C=O) groups excluding carboxylic acids is 1. The summed E-state index contributed by atoms with van der Waals surface area (Å²) in [5.74, 6) is 0.197. The van der Waals surface area contributed by atoms with E-state index in [1.54, 1.807) is 0 Å². The molecule has 0 atom stereocenters. The molecule has 3 heteroatoms. The highest BCUT2D eigenvalue weighted by Crippen LogP contribution is 2.24. The van der Waals surface area contributed by atoms with Crippen LogP contribution in [0.1, 0.15) is 41.6 Å². The number of Topliss-reactive ketones (excluding diaryl/α,β-unsaturated/α-hetero) is 1. The second kappa shape index (κ2) is 6.83. The van der Waals surface area contributed by atoms with E-state index in [-0.39, 0.29) is 12.4 Å². The molecule has 19 heavy (non-hydrogen) atoms. The van der Waals surface area contributed by atoms with Gasteiger partial charge in [-0.05, 0) is 19.8 Å². The molecule has 1 fully saturated rings. The number of aliphatic hydroxyl groups excluding tert-OH is 1. The van der Waals surface area contributed by atoms with Gasteiger partial charge >= 0.3 is 0 Å². The van der Waals surface area contributed by atoms with Gasteiger partial charge in [-0.3, -0.25) is 9.69 Å². The molecular weight excluding hydrogens is 238 g/mol. The zero-order valence-electron chi connectivity index (χ0n) is 11.6. The third kappa shape index (κ3) is 3.88. The first kappa shape index (κ1) is 14.2. The highest BCUT2D eigenvalue weighted by atomic mass is 16.3. The largest absolute Gasteiger partial charge is 0.395 e. The Hall–Kier alpha value is -1.19. The summed E-state index contributed by atoms with van der Waals surface area (Å²) in [5, 5.41) is 9.09. The first-order chi connectivity index (χ1) is 9.20. The Morgan fingerprint density at radius 1 is 1.26 bits per heavy atom. The number of hydrogen-bond donors (Lipinski definition) is 1. The molecule has 1 aliphatic carbocycles. The normalized spacial score (nSPS) is 15.5. The van der Waals surface area contributed by atoms with Crippen molar-refractivity contribution in [2.24, 2.45) is 0 Å². The van der Waals surface area contributed by atoms with Crippen LogP contribution in [0, 0.1) is 6.92 Å². The van der Waals surface area contributed by atoms with Gasteiger partial charge in [0, 0.05) is 31.1 Å². The van der Waals surface area contributed by atoms with E-state index in [1.807, 2.05) is 31.2 Å². The lowest BCUT2D eigenvalue weighted by molar-refractivity contribution is 0.0841. The minimum Gasteiger partial charge on any atom is -0.395 e. The van der Waals surface area contributed by atoms with Crippen molar-refractivity contribution < 1.29 is 9.90 Å². The summed E-state index contributed by atoms with van der Waals surface area (Å²) in [5.41, 5.74) is 1.97. The van der Waals surface area contributed by atoms with E-state index < -0.39 is 0 Å². The highest BCUT2D eigenvalue weighted by molar-refractivity contribution is 5.96. The minimum atomic E-state index is 0.176. The molecule has 0 amide bonds. The fourth-order valence-corrected chi connectivity index (χ4v) is 2.49. The van der Waals surface area contributed by atoms with Crippen molar-refractivity contribution in [3.05, 3.63) is 35.4 Å². The van der Waals surface area contributed by atoms with Crippen molar-refractivity contribution in [1.29, 1.82) is 0 Å². The van der Waals surface area contributed by atoms with Gasteiger partial charge in [0.25, 0.3) is 0 Å². The summed E-state index contributed by atoms with van der Waals surface area (Å²) in [6, 6.07) is 8.34. The molecule has 0 heterocycles. The Morgan fingerprint density at radius 3 is 2.47 bits per heavy atom. The standard InChI is InChI=1S/C16H23NO2/c1-13-5-7-14(8-6-13)16(19)9-10-17(11-12-18)15-3-2-4-15/h5-8,15,18H,2-4,9-12H2,1H3. The molecule has 0 spiro atoms. The molecule has 1 N–H and O–H groups in total. The van der Waals surface area contributed by atoms with Crippen LogP contribution in [0.3, 0.4) is 0 Å². The molecule has 0 unspecified atom stereocenters. The second-order valence-electron chi connectivity index (χ2n) is 5.38. The smallest absolute Gasteiger partial charge is 0.164 e. The lowest BCUT2D eigenvalue weighted by atomic mass is 9.91. The predicted octanol–water partition coefficient (Wildman–Crippen LogP) is 2.41. The first-order valence-corrected chi connectivity index (χ1v) is 7.15. The van der Waals surface area contributed by atoms with Gasteiger partial charge in [-0.15, -0.1) is 0 Å². The third-order valence-electron chi connectivity index (χ3n) is 3.98. The van der Waals surface area contributed by atoms with Crippen LogP contribution in [0.15, 0.2) is 24.3 Å². The van der Waals surface area contributed by atoms with Crippen LogP contribution in [-0.4, -0.2) is 41.5 Å². The van der Waals surface area contributed by atoms with Gasteiger partial charge in [-0.2, -0.15) is 0 Å². The Morgan fingerprint density at radius 2 is 1.95 bits per heavy atom. The monoisotopic (exact) mass is 261 g/mol. The fourth-order valence-electron chi connectivity index (χ4n) is 2.49. The van der Waals surface area contributed by atoms with E-state index in [1.165, 1.54) is 24.8 Å². The van der Waals surface area contributed by atoms with Crippen LogP contribution in [0.4, 0.5) is 0 Å². The maximum Gasteiger partial charge on any atom is 0.164 e. The number of ketones is 1. The van der Waals surface area contributed by atoms with E-state index in [2.05, 4.69) is 4.90 Å². The Balaban J connectivity index is 1.85. The van der Waals surface area contributed by atoms with E-state index in [4.69, 9.17) is 5.11 Å². The van der Waals surface area contributed by atoms with Crippen LogP contribution in [0.2, 0.25) is 0 Å². The fraction of sp³-hybridized carbons (Fsp3) is 0.562. The summed E-state index contributed by atoms with van der Waals surface area (Å²) in [4.78, 5) is 14.4. The molecule has 0 aliphatic heterocycles. The van der Waals surface area contributed by atoms with Crippen LogP contribution in [0.5, 0.6) is 0 Å². The van der Waals surface area contributed by atoms with Gasteiger partial charge < -0.3 is 5.11 Å². The summed E-state index contributed by atoms with van der Waals surface area (Å²) in [6.07, 6.45) is 4.23. The topological polar surface area (TPSA) is 40.5 Å². The Labute approximate surface area is 115 Å². The van der Waals surface area contributed by atoms with E-state index in [9.17, 15) is 4.79 Å². The number of carbonyl (C=O) groups is 1. The SMILES string of the molecule is Cc1ccc(C(=O)CCN(CCO)C2CCC2)cc1. The summed E-state index contributed by atoms with van der Waals surface area (Å²) in [6.45, 7) is 3.65. The molecule has 2 rings (SSSR count). The van der Waals surface area contributed by atoms with Crippen LogP contribution < -0.4 is 0 Å². The predicted molar refractivity (Wildman–Crippen MR) is 76.4 cm³/mol. The molecule has 1 aliphatic rings. The van der Waals surface area contributed by atoms with Crippen molar-refractivity contribution in [2.75, 3.05) is 19.7 Å². The summed E-state index contributed by atoms with van der Waals surface area (Å²) in [7, 11) is 0. The molecule has 0 saturated heterocycles.